The fraction of sp³-hybridized carbons (Fsp3) is 0.571. The highest BCUT2D eigenvalue weighted by Gasteiger charge is 1.91. The van der Waals surface area contributed by atoms with Crippen LogP contribution in [0.15, 0.2) is 18.2 Å². The van der Waals surface area contributed by atoms with E-state index in [9.17, 15) is 0 Å². The summed E-state index contributed by atoms with van der Waals surface area (Å²) in [5.74, 6) is 0. The molecule has 0 N–H and O–H groups in total. The monoisotopic (exact) mass is 226 g/mol. The van der Waals surface area contributed by atoms with E-state index in [0.717, 1.165) is 8.58 Å². The minimum atomic E-state index is 0.923. The normalized spacial score (nSPS) is 9.00. The number of hydrogen-bond acceptors (Lipinski definition) is 0. The van der Waals surface area contributed by atoms with Crippen molar-refractivity contribution in [3.63, 3.8) is 0 Å². The summed E-state index contributed by atoms with van der Waals surface area (Å²) in [5.41, 5.74) is 2.76. The maximum Gasteiger partial charge on any atom is -0.0269 e. The first-order valence-electron chi connectivity index (χ1n) is 5.90. The van der Waals surface area contributed by atoms with Crippen molar-refractivity contribution >= 4 is 13.9 Å². The maximum absolute atomic E-state index is 2.26. The summed E-state index contributed by atoms with van der Waals surface area (Å²) in [6, 6.07) is 6.72. The van der Waals surface area contributed by atoms with E-state index in [2.05, 4.69) is 52.6 Å². The molecule has 0 aliphatic rings. The zero-order valence-electron chi connectivity index (χ0n) is 11.4. The SMILES string of the molecule is CC.CCC.CPc1cc(C)cc(C)c1. The smallest absolute Gasteiger partial charge is 0.0269 e. The molecule has 0 fully saturated rings. The predicted molar refractivity (Wildman–Crippen MR) is 77.1 cm³/mol. The van der Waals surface area contributed by atoms with Crippen LogP contribution in [0.2, 0.25) is 0 Å². The van der Waals surface area contributed by atoms with Crippen LogP contribution in [0.3, 0.4) is 0 Å². The van der Waals surface area contributed by atoms with E-state index in [1.54, 1.807) is 0 Å². The summed E-state index contributed by atoms with van der Waals surface area (Å²) in [6.45, 7) is 14.8. The van der Waals surface area contributed by atoms with Crippen LogP contribution in [0.25, 0.3) is 0 Å². The number of rotatable bonds is 1. The summed E-state index contributed by atoms with van der Waals surface area (Å²) in [5, 5.41) is 1.47. The zero-order chi connectivity index (χ0) is 12.3. The lowest BCUT2D eigenvalue weighted by Gasteiger charge is -2.00. The Morgan fingerprint density at radius 1 is 0.933 bits per heavy atom. The fourth-order valence-electron chi connectivity index (χ4n) is 1.12. The third-order valence-corrected chi connectivity index (χ3v) is 2.38. The molecular weight excluding hydrogens is 199 g/mol. The van der Waals surface area contributed by atoms with Gasteiger partial charge in [-0.3, -0.25) is 0 Å². The molecule has 0 saturated heterocycles. The lowest BCUT2D eigenvalue weighted by molar-refractivity contribution is 1.09. The molecule has 1 atom stereocenters. The molecule has 0 radical (unpaired) electrons. The third-order valence-electron chi connectivity index (χ3n) is 1.51. The highest BCUT2D eigenvalue weighted by atomic mass is 31.1. The second-order valence-corrected chi connectivity index (χ2v) is 4.41. The number of aryl methyl sites for hydroxylation is 2. The van der Waals surface area contributed by atoms with Gasteiger partial charge in [0.25, 0.3) is 0 Å². The van der Waals surface area contributed by atoms with Crippen LogP contribution in [0.4, 0.5) is 0 Å². The van der Waals surface area contributed by atoms with Crippen LogP contribution in [-0.4, -0.2) is 6.66 Å². The van der Waals surface area contributed by atoms with Gasteiger partial charge in [0.2, 0.25) is 0 Å². The van der Waals surface area contributed by atoms with Gasteiger partial charge >= 0.3 is 0 Å². The average molecular weight is 226 g/mol. The van der Waals surface area contributed by atoms with Crippen molar-refractivity contribution in [3.8, 4) is 0 Å². The quantitative estimate of drug-likeness (QED) is 0.610. The molecule has 0 heterocycles. The van der Waals surface area contributed by atoms with Crippen LogP contribution in [-0.2, 0) is 0 Å². The summed E-state index contributed by atoms with van der Waals surface area (Å²) in [7, 11) is 0.923. The Hall–Kier alpha value is -0.350. The molecule has 1 heteroatoms. The minimum Gasteiger partial charge on any atom is -0.0936 e. The largest absolute Gasteiger partial charge is 0.0936 e. The highest BCUT2D eigenvalue weighted by molar-refractivity contribution is 7.46. The molecular formula is C14H27P. The Bertz CT molecular complexity index is 221. The first-order valence-corrected chi connectivity index (χ1v) is 7.40. The molecule has 0 nitrogen and oxygen atoms in total. The van der Waals surface area contributed by atoms with Crippen LogP contribution >= 0.6 is 8.58 Å². The van der Waals surface area contributed by atoms with Crippen molar-refractivity contribution in [3.05, 3.63) is 29.3 Å². The molecule has 0 spiro atoms. The topological polar surface area (TPSA) is 0 Å². The van der Waals surface area contributed by atoms with Gasteiger partial charge in [0.05, 0.1) is 0 Å². The molecule has 1 rings (SSSR count). The molecule has 1 unspecified atom stereocenters. The van der Waals surface area contributed by atoms with E-state index in [4.69, 9.17) is 0 Å². The molecule has 15 heavy (non-hydrogen) atoms. The van der Waals surface area contributed by atoms with Crippen LogP contribution in [0.1, 0.15) is 45.2 Å². The molecule has 1 aromatic rings. The number of hydrogen-bond donors (Lipinski definition) is 0. The van der Waals surface area contributed by atoms with Gasteiger partial charge in [-0.05, 0) is 25.8 Å². The Labute approximate surface area is 98.3 Å². The summed E-state index contributed by atoms with van der Waals surface area (Å²) in [4.78, 5) is 0. The third kappa shape index (κ3) is 9.94. The lowest BCUT2D eigenvalue weighted by Crippen LogP contribution is -1.94. The van der Waals surface area contributed by atoms with E-state index >= 15 is 0 Å². The summed E-state index contributed by atoms with van der Waals surface area (Å²) < 4.78 is 0. The standard InChI is InChI=1S/C9H13P.C3H8.C2H6/c1-7-4-8(2)6-9(5-7)10-3;1-3-2;1-2/h4-6,10H,1-3H3;3H2,1-2H3;1-2H3. The molecule has 88 valence electrons. The van der Waals surface area contributed by atoms with E-state index in [0.29, 0.717) is 0 Å². The van der Waals surface area contributed by atoms with Gasteiger partial charge in [0.15, 0.2) is 0 Å². The van der Waals surface area contributed by atoms with Gasteiger partial charge in [-0.1, -0.05) is 72.0 Å². The van der Waals surface area contributed by atoms with E-state index < -0.39 is 0 Å². The van der Waals surface area contributed by atoms with Crippen molar-refractivity contribution in [2.75, 3.05) is 6.66 Å². The molecule has 0 aromatic heterocycles. The van der Waals surface area contributed by atoms with Crippen LogP contribution in [0.5, 0.6) is 0 Å². The highest BCUT2D eigenvalue weighted by Crippen LogP contribution is 2.08. The minimum absolute atomic E-state index is 0.923. The molecule has 1 aromatic carbocycles. The predicted octanol–water partition coefficient (Wildman–Crippen LogP) is 4.68. The van der Waals surface area contributed by atoms with Gasteiger partial charge in [0, 0.05) is 0 Å². The lowest BCUT2D eigenvalue weighted by atomic mass is 10.2. The van der Waals surface area contributed by atoms with E-state index in [1.165, 1.54) is 22.9 Å². The van der Waals surface area contributed by atoms with Crippen LogP contribution < -0.4 is 5.30 Å². The molecule has 0 amide bonds. The molecule has 0 aliphatic carbocycles. The Morgan fingerprint density at radius 2 is 1.27 bits per heavy atom. The van der Waals surface area contributed by atoms with Crippen molar-refractivity contribution in [2.45, 2.75) is 48.0 Å². The molecule has 0 bridgehead atoms. The molecule has 0 saturated carbocycles. The van der Waals surface area contributed by atoms with E-state index in [-0.39, 0.29) is 0 Å². The Balaban J connectivity index is 0. The zero-order valence-corrected chi connectivity index (χ0v) is 12.4. The van der Waals surface area contributed by atoms with Crippen molar-refractivity contribution < 1.29 is 0 Å². The maximum atomic E-state index is 2.26. The van der Waals surface area contributed by atoms with Crippen molar-refractivity contribution in [1.29, 1.82) is 0 Å². The fourth-order valence-corrected chi connectivity index (χ4v) is 1.86. The van der Waals surface area contributed by atoms with Gasteiger partial charge in [-0.2, -0.15) is 0 Å². The van der Waals surface area contributed by atoms with Gasteiger partial charge in [0.1, 0.15) is 0 Å². The van der Waals surface area contributed by atoms with Crippen LogP contribution in [0, 0.1) is 13.8 Å². The van der Waals surface area contributed by atoms with Crippen molar-refractivity contribution in [1.82, 2.24) is 0 Å². The average Bonchev–Trinajstić information content (AvgIpc) is 2.20. The van der Waals surface area contributed by atoms with Gasteiger partial charge in [-0.15, -0.1) is 0 Å². The van der Waals surface area contributed by atoms with Crippen molar-refractivity contribution in [2.24, 2.45) is 0 Å². The first kappa shape index (κ1) is 17.1. The first-order chi connectivity index (χ1) is 7.13. The van der Waals surface area contributed by atoms with Gasteiger partial charge in [-0.25, -0.2) is 0 Å². The summed E-state index contributed by atoms with van der Waals surface area (Å²) in [6.07, 6.45) is 1.25. The van der Waals surface area contributed by atoms with E-state index in [1.807, 2.05) is 13.8 Å². The summed E-state index contributed by atoms with van der Waals surface area (Å²) >= 11 is 0. The van der Waals surface area contributed by atoms with Gasteiger partial charge < -0.3 is 0 Å². The number of benzene rings is 1. The Kier molecular flexibility index (Phi) is 13.3. The molecule has 0 aliphatic heterocycles. The Morgan fingerprint density at radius 3 is 1.53 bits per heavy atom. The second kappa shape index (κ2) is 11.7. The second-order valence-electron chi connectivity index (χ2n) is 3.33.